The summed E-state index contributed by atoms with van der Waals surface area (Å²) in [5.41, 5.74) is -0.0475. The van der Waals surface area contributed by atoms with Gasteiger partial charge in [0.1, 0.15) is 18.0 Å². The van der Waals surface area contributed by atoms with Crippen LogP contribution in [0.15, 0.2) is 24.3 Å². The summed E-state index contributed by atoms with van der Waals surface area (Å²) in [6.07, 6.45) is 12.9. The molecule has 6 rings (SSSR count). The van der Waals surface area contributed by atoms with Crippen molar-refractivity contribution in [1.29, 1.82) is 0 Å². The third-order valence-electron chi connectivity index (χ3n) is 10.6. The summed E-state index contributed by atoms with van der Waals surface area (Å²) in [5, 5.41) is 14.0. The van der Waals surface area contributed by atoms with Crippen molar-refractivity contribution in [2.24, 2.45) is 5.92 Å². The van der Waals surface area contributed by atoms with E-state index in [0.717, 1.165) is 24.8 Å². The lowest BCUT2D eigenvalue weighted by atomic mass is 9.68. The number of hydrogen-bond donors (Lipinski definition) is 2. The van der Waals surface area contributed by atoms with E-state index in [-0.39, 0.29) is 30.1 Å². The van der Waals surface area contributed by atoms with Crippen molar-refractivity contribution in [2.45, 2.75) is 133 Å². The van der Waals surface area contributed by atoms with Gasteiger partial charge in [0.25, 0.3) is 11.8 Å². The molecule has 3 aliphatic carbocycles. The maximum atomic E-state index is 15.0. The molecule has 1 aromatic rings. The number of piperazine rings is 1. The second kappa shape index (κ2) is 11.9. The molecule has 5 aliphatic rings. The van der Waals surface area contributed by atoms with Gasteiger partial charge < -0.3 is 19.6 Å². The minimum Gasteiger partial charge on any atom is -0.380 e. The Morgan fingerprint density at radius 3 is 2.24 bits per heavy atom. The zero-order chi connectivity index (χ0) is 28.6. The summed E-state index contributed by atoms with van der Waals surface area (Å²) in [6, 6.07) is 7.70. The number of nitrogens with one attached hydrogen (secondary N) is 1. The predicted octanol–water partition coefficient (Wildman–Crippen LogP) is 5.27. The lowest BCUT2D eigenvalue weighted by molar-refractivity contribution is -0.146. The van der Waals surface area contributed by atoms with Gasteiger partial charge in [-0.25, -0.2) is 4.39 Å². The van der Waals surface area contributed by atoms with Gasteiger partial charge in [-0.05, 0) is 69.1 Å². The normalized spacial score (nSPS) is 34.6. The zero-order valence-corrected chi connectivity index (χ0v) is 24.7. The highest BCUT2D eigenvalue weighted by Crippen LogP contribution is 2.50. The molecule has 41 heavy (non-hydrogen) atoms. The molecule has 4 unspecified atom stereocenters. The summed E-state index contributed by atoms with van der Waals surface area (Å²) >= 11 is 0. The Kier molecular flexibility index (Phi) is 8.45. The van der Waals surface area contributed by atoms with Crippen LogP contribution in [0.3, 0.4) is 0 Å². The predicted molar refractivity (Wildman–Crippen MR) is 155 cm³/mol. The van der Waals surface area contributed by atoms with E-state index in [0.29, 0.717) is 56.8 Å². The summed E-state index contributed by atoms with van der Waals surface area (Å²) < 4.78 is 21.9. The average molecular weight is 570 g/mol. The molecule has 5 fully saturated rings. The highest BCUT2D eigenvalue weighted by atomic mass is 19.1. The zero-order valence-electron chi connectivity index (χ0n) is 24.7. The number of fused-ring (bicyclic) bond motifs is 1. The lowest BCUT2D eigenvalue weighted by Crippen LogP contribution is -2.57. The quantitative estimate of drug-likeness (QED) is 0.516. The molecule has 2 N–H and O–H groups in total. The van der Waals surface area contributed by atoms with Gasteiger partial charge >= 0.3 is 0 Å². The van der Waals surface area contributed by atoms with Crippen LogP contribution >= 0.6 is 0 Å². The molecular weight excluding hydrogens is 521 g/mol. The standard InChI is InChI=1S/C33H48FN3O4/c1-23-22-36(19-20-37(23)31(39)32(40)17-18-32)30(38)25-13-11-24(12-14-25)29-35-28-16-15-27(34)21-33(28,41-29)26-9-7-5-3-2-4-6-8-10-26/h11-14,23,26-29,35,40H,2-10,15-22H2,1H3/t23-,27?,28?,29?,33?/m0/s1. The van der Waals surface area contributed by atoms with Gasteiger partial charge in [0.2, 0.25) is 0 Å². The monoisotopic (exact) mass is 569 g/mol. The smallest absolute Gasteiger partial charge is 0.254 e. The van der Waals surface area contributed by atoms with E-state index in [9.17, 15) is 19.1 Å². The fraction of sp³-hybridized carbons (Fsp3) is 0.758. The number of amides is 2. The van der Waals surface area contributed by atoms with Crippen LogP contribution in [0.5, 0.6) is 0 Å². The molecule has 0 spiro atoms. The Hall–Kier alpha value is -2.03. The number of carbonyl (C=O) groups is 2. The maximum absolute atomic E-state index is 15.0. The molecular formula is C33H48FN3O4. The highest BCUT2D eigenvalue weighted by molar-refractivity contribution is 5.94. The van der Waals surface area contributed by atoms with Crippen molar-refractivity contribution in [3.05, 3.63) is 35.4 Å². The lowest BCUT2D eigenvalue weighted by Gasteiger charge is -2.45. The second-order valence-corrected chi connectivity index (χ2v) is 13.6. The molecule has 0 radical (unpaired) electrons. The fourth-order valence-electron chi connectivity index (χ4n) is 8.01. The molecule has 2 heterocycles. The van der Waals surface area contributed by atoms with Crippen molar-refractivity contribution in [3.63, 3.8) is 0 Å². The molecule has 5 atom stereocenters. The Balaban J connectivity index is 1.12. The van der Waals surface area contributed by atoms with Gasteiger partial charge in [0.15, 0.2) is 0 Å². The number of halogens is 1. The average Bonchev–Trinajstić information content (AvgIpc) is 3.62. The first-order valence-corrected chi connectivity index (χ1v) is 16.3. The Morgan fingerprint density at radius 2 is 1.61 bits per heavy atom. The van der Waals surface area contributed by atoms with Crippen LogP contribution in [0.1, 0.15) is 119 Å². The number of nitrogens with zero attached hydrogens (tertiary/aromatic N) is 2. The van der Waals surface area contributed by atoms with Crippen LogP contribution in [0.25, 0.3) is 0 Å². The highest BCUT2D eigenvalue weighted by Gasteiger charge is 2.56. The molecule has 2 aliphatic heterocycles. The fourth-order valence-corrected chi connectivity index (χ4v) is 8.01. The Labute approximate surface area is 244 Å². The molecule has 2 amide bonds. The van der Waals surface area contributed by atoms with Crippen molar-refractivity contribution in [2.75, 3.05) is 19.6 Å². The first-order chi connectivity index (χ1) is 19.8. The van der Waals surface area contributed by atoms with E-state index < -0.39 is 17.4 Å². The van der Waals surface area contributed by atoms with Crippen LogP contribution < -0.4 is 5.32 Å². The van der Waals surface area contributed by atoms with E-state index in [1.54, 1.807) is 9.80 Å². The molecule has 1 aromatic carbocycles. The van der Waals surface area contributed by atoms with Crippen LogP contribution in [-0.2, 0) is 9.53 Å². The minimum absolute atomic E-state index is 0.0483. The van der Waals surface area contributed by atoms with E-state index in [1.807, 2.05) is 31.2 Å². The van der Waals surface area contributed by atoms with Gasteiger partial charge in [0, 0.05) is 43.7 Å². The molecule has 0 aromatic heterocycles. The van der Waals surface area contributed by atoms with Crippen molar-refractivity contribution >= 4 is 11.8 Å². The molecule has 2 saturated heterocycles. The van der Waals surface area contributed by atoms with Crippen molar-refractivity contribution in [3.8, 4) is 0 Å². The van der Waals surface area contributed by atoms with E-state index in [2.05, 4.69) is 5.32 Å². The third-order valence-corrected chi connectivity index (χ3v) is 10.6. The number of hydrogen-bond acceptors (Lipinski definition) is 5. The van der Waals surface area contributed by atoms with Crippen molar-refractivity contribution in [1.82, 2.24) is 15.1 Å². The van der Waals surface area contributed by atoms with Gasteiger partial charge in [-0.15, -0.1) is 0 Å². The van der Waals surface area contributed by atoms with Gasteiger partial charge in [-0.1, -0.05) is 57.1 Å². The van der Waals surface area contributed by atoms with Gasteiger partial charge in [-0.3, -0.25) is 14.9 Å². The van der Waals surface area contributed by atoms with Crippen LogP contribution in [0.4, 0.5) is 4.39 Å². The first-order valence-electron chi connectivity index (χ1n) is 16.3. The van der Waals surface area contributed by atoms with E-state index >= 15 is 0 Å². The third kappa shape index (κ3) is 5.94. The Bertz CT molecular complexity index is 1080. The van der Waals surface area contributed by atoms with Crippen LogP contribution in [-0.4, -0.2) is 75.8 Å². The summed E-state index contributed by atoms with van der Waals surface area (Å²) in [6.45, 7) is 3.28. The number of alkyl halides is 1. The van der Waals surface area contributed by atoms with E-state index in [1.165, 1.54) is 44.9 Å². The molecule has 8 heteroatoms. The number of carbonyl (C=O) groups excluding carboxylic acids is 2. The van der Waals surface area contributed by atoms with Crippen LogP contribution in [0.2, 0.25) is 0 Å². The van der Waals surface area contributed by atoms with Gasteiger partial charge in [0.05, 0.1) is 5.60 Å². The molecule has 7 nitrogen and oxygen atoms in total. The number of ether oxygens (including phenoxy) is 1. The molecule has 0 bridgehead atoms. The topological polar surface area (TPSA) is 82.1 Å². The Morgan fingerprint density at radius 1 is 0.951 bits per heavy atom. The summed E-state index contributed by atoms with van der Waals surface area (Å²) in [4.78, 5) is 29.5. The molecule has 3 saturated carbocycles. The van der Waals surface area contributed by atoms with Gasteiger partial charge in [-0.2, -0.15) is 0 Å². The maximum Gasteiger partial charge on any atom is 0.254 e. The van der Waals surface area contributed by atoms with Crippen LogP contribution in [0, 0.1) is 5.92 Å². The molecule has 226 valence electrons. The summed E-state index contributed by atoms with van der Waals surface area (Å²) in [7, 11) is 0. The summed E-state index contributed by atoms with van der Waals surface area (Å²) in [5.74, 6) is 0.122. The number of benzene rings is 1. The minimum atomic E-state index is -1.18. The SMILES string of the molecule is C[C@H]1CN(C(=O)c2ccc(C3NC4CCC(F)CC4(C4CCCCCCCCC4)O3)cc2)CCN1C(=O)C1(O)CC1. The van der Waals surface area contributed by atoms with Crippen molar-refractivity contribution < 1.29 is 23.8 Å². The van der Waals surface area contributed by atoms with E-state index in [4.69, 9.17) is 4.74 Å². The first kappa shape index (κ1) is 29.1. The largest absolute Gasteiger partial charge is 0.380 e. The number of aliphatic hydroxyl groups is 1. The number of rotatable bonds is 4. The second-order valence-electron chi connectivity index (χ2n) is 13.6.